The Kier molecular flexibility index (Phi) is 5.13. The number of aliphatic hydroxyl groups excluding tert-OH is 1. The van der Waals surface area contributed by atoms with Crippen LogP contribution in [0.1, 0.15) is 12.6 Å². The highest BCUT2D eigenvalue weighted by atomic mass is 32.2. The predicted octanol–water partition coefficient (Wildman–Crippen LogP) is -2.05. The molecule has 0 bridgehead atoms. The van der Waals surface area contributed by atoms with Crippen LogP contribution in [0.5, 0.6) is 0 Å². The van der Waals surface area contributed by atoms with E-state index in [9.17, 15) is 27.9 Å². The molecular formula is C15H15N7O8S. The van der Waals surface area contributed by atoms with Crippen LogP contribution in [0, 0.1) is 0 Å². The lowest BCUT2D eigenvalue weighted by Gasteiger charge is -2.17. The number of fused-ring (bicyclic) bond motifs is 1. The van der Waals surface area contributed by atoms with Gasteiger partial charge in [0.2, 0.25) is 0 Å². The van der Waals surface area contributed by atoms with Gasteiger partial charge in [0, 0.05) is 18.6 Å². The zero-order valence-electron chi connectivity index (χ0n) is 15.5. The minimum Gasteiger partial charge on any atom is -0.388 e. The van der Waals surface area contributed by atoms with Crippen molar-refractivity contribution in [3.05, 3.63) is 24.8 Å². The van der Waals surface area contributed by atoms with Gasteiger partial charge in [-0.1, -0.05) is 0 Å². The normalized spacial score (nSPS) is 23.8. The Morgan fingerprint density at radius 2 is 2.00 bits per heavy atom. The number of amides is 4. The predicted molar refractivity (Wildman–Crippen MR) is 98.7 cm³/mol. The molecule has 2 aliphatic rings. The van der Waals surface area contributed by atoms with Crippen LogP contribution in [-0.4, -0.2) is 74.6 Å². The highest BCUT2D eigenvalue weighted by Crippen LogP contribution is 2.31. The van der Waals surface area contributed by atoms with Crippen molar-refractivity contribution in [1.29, 1.82) is 0 Å². The third-order valence-corrected chi connectivity index (χ3v) is 5.33. The van der Waals surface area contributed by atoms with E-state index in [0.29, 0.717) is 11.2 Å². The summed E-state index contributed by atoms with van der Waals surface area (Å²) in [5.41, 5.74) is 6.35. The SMILES string of the molecule is Nc1ncnc2c1ncn2[C@@H]1O[C@H](COS(=O)(=O)NC(=O)N2C(=O)C=CC2=O)C[C@H]1O. The molecule has 0 saturated carbocycles. The molecule has 2 aliphatic heterocycles. The number of hydrogen-bond donors (Lipinski definition) is 3. The molecule has 0 spiro atoms. The zero-order valence-corrected chi connectivity index (χ0v) is 16.3. The molecule has 16 heteroatoms. The number of aliphatic hydroxyl groups is 1. The molecule has 0 unspecified atom stereocenters. The average Bonchev–Trinajstić information content (AvgIpc) is 3.37. The number of ether oxygens (including phenoxy) is 1. The van der Waals surface area contributed by atoms with Crippen LogP contribution in [0.2, 0.25) is 0 Å². The molecule has 3 atom stereocenters. The topological polar surface area (TPSA) is 209 Å². The zero-order chi connectivity index (χ0) is 22.3. The van der Waals surface area contributed by atoms with E-state index in [4.69, 9.17) is 14.7 Å². The molecule has 164 valence electrons. The van der Waals surface area contributed by atoms with Crippen LogP contribution >= 0.6 is 0 Å². The summed E-state index contributed by atoms with van der Waals surface area (Å²) in [5, 5.41) is 10.3. The Bertz CT molecular complexity index is 1190. The number of rotatable bonds is 5. The van der Waals surface area contributed by atoms with Crippen LogP contribution < -0.4 is 10.5 Å². The molecule has 0 radical (unpaired) electrons. The first kappa shape index (κ1) is 20.8. The van der Waals surface area contributed by atoms with E-state index in [-0.39, 0.29) is 17.1 Å². The summed E-state index contributed by atoms with van der Waals surface area (Å²) in [5.74, 6) is -1.83. The van der Waals surface area contributed by atoms with Gasteiger partial charge in [-0.3, -0.25) is 18.3 Å². The Hall–Kier alpha value is -3.47. The second-order valence-electron chi connectivity index (χ2n) is 6.53. The number of nitrogens with two attached hydrogens (primary N) is 1. The molecule has 0 aliphatic carbocycles. The molecule has 4 amide bonds. The van der Waals surface area contributed by atoms with Crippen LogP contribution in [-0.2, 0) is 28.8 Å². The van der Waals surface area contributed by atoms with E-state index >= 15 is 0 Å². The third kappa shape index (κ3) is 3.96. The Morgan fingerprint density at radius 3 is 2.71 bits per heavy atom. The molecule has 2 aromatic heterocycles. The van der Waals surface area contributed by atoms with E-state index in [0.717, 1.165) is 12.2 Å². The average molecular weight is 453 g/mol. The van der Waals surface area contributed by atoms with Crippen molar-refractivity contribution in [2.75, 3.05) is 12.3 Å². The first-order valence-electron chi connectivity index (χ1n) is 8.70. The van der Waals surface area contributed by atoms with Crippen LogP contribution in [0.25, 0.3) is 11.2 Å². The van der Waals surface area contributed by atoms with Crippen molar-refractivity contribution in [1.82, 2.24) is 29.1 Å². The molecule has 1 fully saturated rings. The van der Waals surface area contributed by atoms with Crippen molar-refractivity contribution in [2.24, 2.45) is 0 Å². The third-order valence-electron chi connectivity index (χ3n) is 4.46. The fraction of sp³-hybridized carbons (Fsp3) is 0.333. The van der Waals surface area contributed by atoms with Gasteiger partial charge >= 0.3 is 16.3 Å². The fourth-order valence-corrected chi connectivity index (χ4v) is 3.79. The van der Waals surface area contributed by atoms with E-state index in [1.807, 2.05) is 0 Å². The number of imide groups is 3. The molecule has 4 rings (SSSR count). The molecule has 1 saturated heterocycles. The Labute approximate surface area is 173 Å². The van der Waals surface area contributed by atoms with E-state index in [1.54, 1.807) is 0 Å². The lowest BCUT2D eigenvalue weighted by atomic mass is 10.2. The van der Waals surface area contributed by atoms with Gasteiger partial charge in [-0.25, -0.2) is 24.5 Å². The summed E-state index contributed by atoms with van der Waals surface area (Å²) in [6.45, 7) is -0.555. The second-order valence-corrected chi connectivity index (χ2v) is 7.87. The fourth-order valence-electron chi connectivity index (χ4n) is 3.09. The standard InChI is InChI=1S/C15H15N7O8S/c16-12-11-13(18-5-17-12)21(6-19-11)14-8(23)3-7(30-14)4-29-31(27,28)20-15(26)22-9(24)1-2-10(22)25/h1-2,5-8,14,23H,3-4H2,(H,20,26)(H2,16,17,18)/t7-,8+,14+/m0/s1. The number of hydrogen-bond acceptors (Lipinski definition) is 12. The number of aromatic nitrogens is 4. The quantitative estimate of drug-likeness (QED) is 0.418. The smallest absolute Gasteiger partial charge is 0.363 e. The first-order valence-corrected chi connectivity index (χ1v) is 10.1. The van der Waals surface area contributed by atoms with Crippen molar-refractivity contribution in [2.45, 2.75) is 24.9 Å². The van der Waals surface area contributed by atoms with Gasteiger partial charge in [0.25, 0.3) is 11.8 Å². The molecule has 0 aromatic carbocycles. The summed E-state index contributed by atoms with van der Waals surface area (Å²) in [6, 6.07) is -1.48. The summed E-state index contributed by atoms with van der Waals surface area (Å²) in [7, 11) is -4.67. The number of carbonyl (C=O) groups is 3. The van der Waals surface area contributed by atoms with Crippen LogP contribution in [0.3, 0.4) is 0 Å². The van der Waals surface area contributed by atoms with Gasteiger partial charge in [-0.05, 0) is 0 Å². The summed E-state index contributed by atoms with van der Waals surface area (Å²) < 4.78 is 37.2. The molecule has 4 N–H and O–H groups in total. The second kappa shape index (κ2) is 7.65. The molecule has 31 heavy (non-hydrogen) atoms. The Balaban J connectivity index is 1.38. The summed E-state index contributed by atoms with van der Waals surface area (Å²) in [4.78, 5) is 46.8. The molecular weight excluding hydrogens is 438 g/mol. The highest BCUT2D eigenvalue weighted by Gasteiger charge is 2.38. The van der Waals surface area contributed by atoms with Gasteiger partial charge in [0.15, 0.2) is 17.7 Å². The number of carbonyl (C=O) groups excluding carboxylic acids is 3. The van der Waals surface area contributed by atoms with Crippen molar-refractivity contribution in [3.63, 3.8) is 0 Å². The van der Waals surface area contributed by atoms with Crippen LogP contribution in [0.4, 0.5) is 10.6 Å². The van der Waals surface area contributed by atoms with Crippen molar-refractivity contribution < 1.29 is 36.8 Å². The largest absolute Gasteiger partial charge is 0.388 e. The van der Waals surface area contributed by atoms with E-state index in [2.05, 4.69) is 15.0 Å². The molecule has 15 nitrogen and oxygen atoms in total. The maximum absolute atomic E-state index is 12.0. The first-order chi connectivity index (χ1) is 14.7. The van der Waals surface area contributed by atoms with Gasteiger partial charge in [-0.15, -0.1) is 0 Å². The highest BCUT2D eigenvalue weighted by molar-refractivity contribution is 7.85. The van der Waals surface area contributed by atoms with E-state index < -0.39 is 53.2 Å². The number of urea groups is 1. The maximum Gasteiger partial charge on any atom is 0.363 e. The summed E-state index contributed by atoms with van der Waals surface area (Å²) >= 11 is 0. The summed E-state index contributed by atoms with van der Waals surface area (Å²) in [6.07, 6.45) is 1.34. The lowest BCUT2D eigenvalue weighted by molar-refractivity contribution is -0.133. The molecule has 4 heterocycles. The number of nitrogens with zero attached hydrogens (tertiary/aromatic N) is 5. The number of nitrogens with one attached hydrogen (secondary N) is 1. The maximum atomic E-state index is 12.0. The monoisotopic (exact) mass is 453 g/mol. The molecule has 2 aromatic rings. The Morgan fingerprint density at radius 1 is 1.29 bits per heavy atom. The van der Waals surface area contributed by atoms with Crippen molar-refractivity contribution >= 4 is 45.1 Å². The lowest BCUT2D eigenvalue weighted by Crippen LogP contribution is -2.46. The van der Waals surface area contributed by atoms with Gasteiger partial charge in [0.1, 0.15) is 17.9 Å². The number of imidazole rings is 1. The number of anilines is 1. The minimum atomic E-state index is -4.67. The van der Waals surface area contributed by atoms with Gasteiger partial charge < -0.3 is 15.6 Å². The van der Waals surface area contributed by atoms with Crippen LogP contribution in [0.15, 0.2) is 24.8 Å². The van der Waals surface area contributed by atoms with Gasteiger partial charge in [0.05, 0.1) is 19.0 Å². The minimum absolute atomic E-state index is 0.00138. The van der Waals surface area contributed by atoms with Crippen molar-refractivity contribution in [3.8, 4) is 0 Å². The van der Waals surface area contributed by atoms with E-state index in [1.165, 1.54) is 21.9 Å². The van der Waals surface area contributed by atoms with Gasteiger partial charge in [-0.2, -0.15) is 13.3 Å². The number of nitrogen functional groups attached to an aromatic ring is 1.